The van der Waals surface area contributed by atoms with Crippen molar-refractivity contribution >= 4 is 12.1 Å². The number of ketones is 1. The Kier molecular flexibility index (Phi) is 5.31. The number of Topliss-reactive ketones (excluding diaryl/α,β-unsaturated/α-hetero) is 1. The standard InChI is InChI=1S/C15H19NO2/c1-4-14(16(3)10-5-11-17)15(18)13-8-6-12(2)7-9-13/h4,6-9,11H,5,10H2,1-3H3. The first kappa shape index (κ1) is 14.2. The zero-order valence-corrected chi connectivity index (χ0v) is 11.1. The lowest BCUT2D eigenvalue weighted by molar-refractivity contribution is -0.108. The quantitative estimate of drug-likeness (QED) is 0.439. The summed E-state index contributed by atoms with van der Waals surface area (Å²) >= 11 is 0. The molecule has 96 valence electrons. The van der Waals surface area contributed by atoms with Crippen LogP contribution < -0.4 is 0 Å². The van der Waals surface area contributed by atoms with E-state index >= 15 is 0 Å². The largest absolute Gasteiger partial charge is 0.371 e. The van der Waals surface area contributed by atoms with Crippen molar-refractivity contribution < 1.29 is 9.59 Å². The van der Waals surface area contributed by atoms with Gasteiger partial charge in [0.1, 0.15) is 6.29 Å². The highest BCUT2D eigenvalue weighted by Crippen LogP contribution is 2.12. The Morgan fingerprint density at radius 3 is 2.39 bits per heavy atom. The summed E-state index contributed by atoms with van der Waals surface area (Å²) in [5.74, 6) is -0.00843. The molecule has 0 saturated heterocycles. The summed E-state index contributed by atoms with van der Waals surface area (Å²) in [5.41, 5.74) is 2.43. The predicted molar refractivity (Wildman–Crippen MR) is 72.6 cm³/mol. The summed E-state index contributed by atoms with van der Waals surface area (Å²) in [6.07, 6.45) is 3.07. The van der Waals surface area contributed by atoms with Crippen molar-refractivity contribution in [2.24, 2.45) is 0 Å². The van der Waals surface area contributed by atoms with Crippen LogP contribution in [0.4, 0.5) is 0 Å². The lowest BCUT2D eigenvalue weighted by Crippen LogP contribution is -2.25. The third-order valence-corrected chi connectivity index (χ3v) is 2.81. The van der Waals surface area contributed by atoms with Crippen LogP contribution in [0.1, 0.15) is 29.3 Å². The van der Waals surface area contributed by atoms with Crippen LogP contribution in [-0.2, 0) is 4.79 Å². The van der Waals surface area contributed by atoms with Crippen LogP contribution >= 0.6 is 0 Å². The number of allylic oxidation sites excluding steroid dienone is 2. The zero-order valence-electron chi connectivity index (χ0n) is 11.1. The number of rotatable bonds is 6. The van der Waals surface area contributed by atoms with Crippen molar-refractivity contribution in [1.29, 1.82) is 0 Å². The molecule has 0 spiro atoms. The van der Waals surface area contributed by atoms with Crippen molar-refractivity contribution in [2.75, 3.05) is 13.6 Å². The molecule has 0 atom stereocenters. The van der Waals surface area contributed by atoms with Gasteiger partial charge in [0, 0.05) is 25.6 Å². The number of carbonyl (C=O) groups is 2. The fourth-order valence-electron chi connectivity index (χ4n) is 1.74. The summed E-state index contributed by atoms with van der Waals surface area (Å²) in [4.78, 5) is 24.5. The van der Waals surface area contributed by atoms with Crippen LogP contribution in [0.5, 0.6) is 0 Å². The Hall–Kier alpha value is -1.90. The second-order valence-electron chi connectivity index (χ2n) is 4.25. The highest BCUT2D eigenvalue weighted by Gasteiger charge is 2.14. The molecule has 0 aliphatic heterocycles. The Balaban J connectivity index is 2.86. The van der Waals surface area contributed by atoms with Gasteiger partial charge in [0.25, 0.3) is 0 Å². The highest BCUT2D eigenvalue weighted by atomic mass is 16.1. The van der Waals surface area contributed by atoms with Gasteiger partial charge in [-0.3, -0.25) is 4.79 Å². The molecule has 1 rings (SSSR count). The summed E-state index contributed by atoms with van der Waals surface area (Å²) < 4.78 is 0. The molecule has 3 heteroatoms. The third kappa shape index (κ3) is 3.55. The number of carbonyl (C=O) groups excluding carboxylic acids is 2. The number of likely N-dealkylation sites (N-methyl/N-ethyl adjacent to an activating group) is 1. The van der Waals surface area contributed by atoms with Gasteiger partial charge >= 0.3 is 0 Å². The number of nitrogens with zero attached hydrogens (tertiary/aromatic N) is 1. The van der Waals surface area contributed by atoms with Crippen LogP contribution in [0, 0.1) is 6.92 Å². The second kappa shape index (κ2) is 6.74. The van der Waals surface area contributed by atoms with E-state index in [2.05, 4.69) is 0 Å². The molecule has 0 radical (unpaired) electrons. The maximum absolute atomic E-state index is 12.3. The van der Waals surface area contributed by atoms with Gasteiger partial charge < -0.3 is 9.69 Å². The molecule has 0 aromatic heterocycles. The molecule has 0 amide bonds. The monoisotopic (exact) mass is 245 g/mol. The molecular weight excluding hydrogens is 226 g/mol. The van der Waals surface area contributed by atoms with Crippen LogP contribution in [0.2, 0.25) is 0 Å². The van der Waals surface area contributed by atoms with E-state index in [0.29, 0.717) is 24.2 Å². The van der Waals surface area contributed by atoms with Gasteiger partial charge in [-0.25, -0.2) is 0 Å². The van der Waals surface area contributed by atoms with E-state index in [1.54, 1.807) is 6.08 Å². The first-order valence-corrected chi connectivity index (χ1v) is 6.02. The molecule has 0 N–H and O–H groups in total. The molecule has 3 nitrogen and oxygen atoms in total. The van der Waals surface area contributed by atoms with E-state index in [1.807, 2.05) is 50.1 Å². The van der Waals surface area contributed by atoms with Crippen LogP contribution in [-0.4, -0.2) is 30.6 Å². The van der Waals surface area contributed by atoms with Gasteiger partial charge in [-0.15, -0.1) is 0 Å². The number of benzene rings is 1. The van der Waals surface area contributed by atoms with Gasteiger partial charge in [0.15, 0.2) is 0 Å². The van der Waals surface area contributed by atoms with E-state index in [0.717, 1.165) is 11.8 Å². The minimum atomic E-state index is -0.00843. The Morgan fingerprint density at radius 2 is 1.89 bits per heavy atom. The van der Waals surface area contributed by atoms with Crippen LogP contribution in [0.3, 0.4) is 0 Å². The minimum absolute atomic E-state index is 0.00843. The average molecular weight is 245 g/mol. The molecule has 0 saturated carbocycles. The highest BCUT2D eigenvalue weighted by molar-refractivity contribution is 6.08. The summed E-state index contributed by atoms with van der Waals surface area (Å²) in [7, 11) is 1.82. The topological polar surface area (TPSA) is 37.4 Å². The van der Waals surface area contributed by atoms with Gasteiger partial charge in [-0.1, -0.05) is 35.9 Å². The van der Waals surface area contributed by atoms with E-state index < -0.39 is 0 Å². The zero-order chi connectivity index (χ0) is 13.5. The van der Waals surface area contributed by atoms with Gasteiger partial charge in [-0.2, -0.15) is 0 Å². The SMILES string of the molecule is CC=C(C(=O)c1ccc(C)cc1)N(C)CCC=O. The molecule has 18 heavy (non-hydrogen) atoms. The number of hydrogen-bond acceptors (Lipinski definition) is 3. The van der Waals surface area contributed by atoms with Gasteiger partial charge in [0.05, 0.1) is 5.70 Å². The molecule has 1 aromatic rings. The van der Waals surface area contributed by atoms with E-state index in [1.165, 1.54) is 0 Å². The lowest BCUT2D eigenvalue weighted by Gasteiger charge is -2.20. The normalized spacial score (nSPS) is 11.2. The van der Waals surface area contributed by atoms with Crippen molar-refractivity contribution in [3.05, 3.63) is 47.2 Å². The molecule has 0 aliphatic carbocycles. The molecule has 1 aromatic carbocycles. The van der Waals surface area contributed by atoms with Crippen LogP contribution in [0.15, 0.2) is 36.0 Å². The lowest BCUT2D eigenvalue weighted by atomic mass is 10.1. The van der Waals surface area contributed by atoms with Crippen molar-refractivity contribution in [3.63, 3.8) is 0 Å². The van der Waals surface area contributed by atoms with E-state index in [9.17, 15) is 9.59 Å². The summed E-state index contributed by atoms with van der Waals surface area (Å²) in [6, 6.07) is 7.50. The van der Waals surface area contributed by atoms with Crippen molar-refractivity contribution in [1.82, 2.24) is 4.90 Å². The fraction of sp³-hybridized carbons (Fsp3) is 0.333. The number of hydrogen-bond donors (Lipinski definition) is 0. The van der Waals surface area contributed by atoms with E-state index in [4.69, 9.17) is 0 Å². The van der Waals surface area contributed by atoms with Crippen molar-refractivity contribution in [2.45, 2.75) is 20.3 Å². The maximum atomic E-state index is 12.3. The third-order valence-electron chi connectivity index (χ3n) is 2.81. The Bertz CT molecular complexity index is 446. The molecule has 0 bridgehead atoms. The molecular formula is C15H19NO2. The summed E-state index contributed by atoms with van der Waals surface area (Å²) in [6.45, 7) is 4.38. The van der Waals surface area contributed by atoms with E-state index in [-0.39, 0.29) is 5.78 Å². The number of aryl methyl sites for hydroxylation is 1. The molecule has 0 heterocycles. The van der Waals surface area contributed by atoms with Crippen molar-refractivity contribution in [3.8, 4) is 0 Å². The minimum Gasteiger partial charge on any atom is -0.371 e. The predicted octanol–water partition coefficient (Wildman–Crippen LogP) is 2.60. The molecule has 0 unspecified atom stereocenters. The Morgan fingerprint density at radius 1 is 1.28 bits per heavy atom. The first-order valence-electron chi connectivity index (χ1n) is 6.02. The average Bonchev–Trinajstić information content (AvgIpc) is 2.37. The fourth-order valence-corrected chi connectivity index (χ4v) is 1.74. The molecule has 0 fully saturated rings. The Labute approximate surface area is 108 Å². The first-order chi connectivity index (χ1) is 8.60. The van der Waals surface area contributed by atoms with Gasteiger partial charge in [0.2, 0.25) is 5.78 Å². The smallest absolute Gasteiger partial charge is 0.208 e. The van der Waals surface area contributed by atoms with Gasteiger partial charge in [-0.05, 0) is 13.8 Å². The van der Waals surface area contributed by atoms with Crippen LogP contribution in [0.25, 0.3) is 0 Å². The second-order valence-corrected chi connectivity index (χ2v) is 4.25. The maximum Gasteiger partial charge on any atom is 0.208 e. The summed E-state index contributed by atoms with van der Waals surface area (Å²) in [5, 5.41) is 0. The number of aldehydes is 1. The molecule has 0 aliphatic rings.